The topological polar surface area (TPSA) is 338 Å². The number of azide groups is 1. The van der Waals surface area contributed by atoms with Gasteiger partial charge in [-0.25, -0.2) is 9.59 Å². The van der Waals surface area contributed by atoms with Gasteiger partial charge < -0.3 is 71.1 Å². The second-order valence-electron chi connectivity index (χ2n) is 25.4. The zero-order valence-corrected chi connectivity index (χ0v) is 56.7. The van der Waals surface area contributed by atoms with Crippen LogP contribution in [0.2, 0.25) is 0 Å². The third-order valence-electron chi connectivity index (χ3n) is 18.6. The lowest BCUT2D eigenvalue weighted by Gasteiger charge is -2.54. The van der Waals surface area contributed by atoms with Crippen molar-refractivity contribution in [3.8, 4) is 0 Å². The molecule has 6 aromatic carbocycles. The van der Waals surface area contributed by atoms with E-state index in [4.69, 9.17) is 83.4 Å². The minimum atomic E-state index is -2.13. The van der Waals surface area contributed by atoms with E-state index >= 15 is 28.8 Å². The van der Waals surface area contributed by atoms with Gasteiger partial charge in [0.2, 0.25) is 0 Å². The van der Waals surface area contributed by atoms with Gasteiger partial charge >= 0.3 is 23.9 Å². The van der Waals surface area contributed by atoms with E-state index in [2.05, 4.69) is 10.0 Å². The maximum atomic E-state index is 15.3. The van der Waals surface area contributed by atoms with Crippen LogP contribution in [0, 0.1) is 0 Å². The Morgan fingerprint density at radius 3 is 1.47 bits per heavy atom. The number of unbranched alkanes of at least 4 members (excludes halogenated alkanes) is 3. The number of hydrogen-bond donors (Lipinski definition) is 0. The number of imide groups is 2. The van der Waals surface area contributed by atoms with E-state index < -0.39 is 171 Å². The SMILES string of the molecule is CC(=O)CCC(=O)OC[C@H]1O[C@@H](O[C@H]2[C@@H]3O[C@H](c4ccccc4)OC[C@H]3O[C@@H](OCCCCCCN=[N+]=[N-])[C@@H]2N2C(=O)c3ccccc3C2=O)[C@H](OC(=O)c2ccccc2)[C@@H](OC(=O)c2ccccc2)[C@@H]1O[C@@H]1O[C@@H]2CO[C@@H](c3ccccc3)O[C@H]2[C@H](OC(=O)CCl)[C@H]1N1C(=O)c2ccccc2C1=O. The number of rotatable bonds is 27. The summed E-state index contributed by atoms with van der Waals surface area (Å²) in [5, 5.41) is 3.63. The van der Waals surface area contributed by atoms with Crippen LogP contribution in [0.3, 0.4) is 0 Å². The molecule has 5 fully saturated rings. The number of hydrogen-bond acceptors (Lipinski definition) is 24. The molecule has 4 amide bonds. The molecule has 0 radical (unpaired) electrons. The quantitative estimate of drug-likeness (QED) is 0.00678. The standard InChI is InChI=1S/C75H72ClN5O23/c1-42(82)34-35-54(83)92-39-51-60(103-74-57(81-67(87)49-32-18-19-33-50(49)68(81)88)61(98-55(84)38-76)58-53(96-74)41-94-71(101-58)45-26-12-6-13-27-45)63(99-69(89)43-22-8-4-9-23-43)64(100-70(90)44-24-10-5-11-25-44)75(97-51)104-62-56(80-65(85)47-30-16-17-31-48(47)66(80)86)73(91-37-21-3-2-20-36-78-79-77)95-52-40-93-72(102-59(52)62)46-28-14-7-15-29-46/h4-19,22-33,51-53,56-64,71-75H,2-3,20-21,34-41H2,1H3/t51-,52-,53-,56-,57-,58-,59-,60-,61-,62-,63+,64-,71-,72-,73-,74+,75+/m1/s1. The van der Waals surface area contributed by atoms with Crippen molar-refractivity contribution < 1.29 is 109 Å². The summed E-state index contributed by atoms with van der Waals surface area (Å²) in [6.45, 7) is 0.0878. The summed E-state index contributed by atoms with van der Waals surface area (Å²) in [6.07, 6.45) is -23.3. The van der Waals surface area contributed by atoms with E-state index in [1.807, 2.05) is 0 Å². The fraction of sp³-hybridized carbons (Fsp3) is 0.400. The van der Waals surface area contributed by atoms with Crippen molar-refractivity contribution in [2.75, 3.05) is 38.9 Å². The van der Waals surface area contributed by atoms with Crippen LogP contribution < -0.4 is 0 Å². The molecule has 7 heterocycles. The average molecular weight is 1450 g/mol. The van der Waals surface area contributed by atoms with Crippen LogP contribution in [0.15, 0.2) is 175 Å². The van der Waals surface area contributed by atoms with E-state index in [1.54, 1.807) is 121 Å². The van der Waals surface area contributed by atoms with Gasteiger partial charge in [0.1, 0.15) is 73.1 Å². The number of ether oxygens (including phenoxy) is 14. The lowest BCUT2D eigenvalue weighted by atomic mass is 9.92. The van der Waals surface area contributed by atoms with Gasteiger partial charge in [0.15, 0.2) is 49.8 Å². The first-order chi connectivity index (χ1) is 50.7. The van der Waals surface area contributed by atoms with Crippen molar-refractivity contribution in [1.29, 1.82) is 0 Å². The first kappa shape index (κ1) is 72.7. The number of ketones is 1. The number of amides is 4. The molecule has 0 saturated carbocycles. The summed E-state index contributed by atoms with van der Waals surface area (Å²) in [6, 6.07) is 41.3. The molecule has 542 valence electrons. The van der Waals surface area contributed by atoms with Gasteiger partial charge in [0.25, 0.3) is 23.6 Å². The predicted molar refractivity (Wildman–Crippen MR) is 358 cm³/mol. The maximum absolute atomic E-state index is 15.3. The van der Waals surface area contributed by atoms with Crippen LogP contribution in [0.25, 0.3) is 10.4 Å². The second kappa shape index (κ2) is 33.4. The number of fused-ring (bicyclic) bond motifs is 4. The van der Waals surface area contributed by atoms with Gasteiger partial charge in [-0.3, -0.25) is 38.6 Å². The Balaban J connectivity index is 0.971. The molecular formula is C75H72ClN5O23. The Bertz CT molecular complexity index is 4090. The second-order valence-corrected chi connectivity index (χ2v) is 25.7. The first-order valence-corrected chi connectivity index (χ1v) is 34.6. The molecule has 17 atom stereocenters. The summed E-state index contributed by atoms with van der Waals surface area (Å²) >= 11 is 6.23. The Morgan fingerprint density at radius 2 is 0.962 bits per heavy atom. The van der Waals surface area contributed by atoms with E-state index in [1.165, 1.54) is 55.5 Å². The molecule has 0 spiro atoms. The highest BCUT2D eigenvalue weighted by Gasteiger charge is 2.64. The molecule has 104 heavy (non-hydrogen) atoms. The smallest absolute Gasteiger partial charge is 0.338 e. The highest BCUT2D eigenvalue weighted by Crippen LogP contribution is 2.45. The molecule has 29 heteroatoms. The van der Waals surface area contributed by atoms with Crippen molar-refractivity contribution in [3.63, 3.8) is 0 Å². The van der Waals surface area contributed by atoms with Gasteiger partial charge in [-0.2, -0.15) is 0 Å². The molecule has 13 rings (SSSR count). The lowest BCUT2D eigenvalue weighted by molar-refractivity contribution is -0.394. The molecule has 0 N–H and O–H groups in total. The predicted octanol–water partition coefficient (Wildman–Crippen LogP) is 8.89. The normalized spacial score (nSPS) is 28.4. The largest absolute Gasteiger partial charge is 0.463 e. The lowest BCUT2D eigenvalue weighted by Crippen LogP contribution is -2.72. The number of benzene rings is 6. The molecule has 0 bridgehead atoms. The maximum Gasteiger partial charge on any atom is 0.338 e. The average Bonchev–Trinajstić information content (AvgIpc) is 1.44. The summed E-state index contributed by atoms with van der Waals surface area (Å²) in [4.78, 5) is 136. The van der Waals surface area contributed by atoms with Crippen molar-refractivity contribution >= 4 is 64.9 Å². The fourth-order valence-electron chi connectivity index (χ4n) is 13.7. The third-order valence-corrected chi connectivity index (χ3v) is 18.9. The Morgan fingerprint density at radius 1 is 0.500 bits per heavy atom. The minimum absolute atomic E-state index is 0.0214. The van der Waals surface area contributed by atoms with Crippen LogP contribution in [0.1, 0.15) is 131 Å². The van der Waals surface area contributed by atoms with Crippen molar-refractivity contribution in [2.45, 2.75) is 150 Å². The molecular weight excluding hydrogens is 1370 g/mol. The fourth-order valence-corrected chi connectivity index (χ4v) is 13.8. The van der Waals surface area contributed by atoms with E-state index in [9.17, 15) is 14.4 Å². The van der Waals surface area contributed by atoms with Crippen LogP contribution in [-0.2, 0) is 80.7 Å². The molecule has 0 aliphatic carbocycles. The number of alkyl halides is 1. The number of carbonyl (C=O) groups excluding carboxylic acids is 9. The first-order valence-electron chi connectivity index (χ1n) is 34.1. The monoisotopic (exact) mass is 1450 g/mol. The molecule has 6 aromatic rings. The number of esters is 4. The van der Waals surface area contributed by atoms with Crippen LogP contribution in [-0.4, -0.2) is 194 Å². The molecule has 28 nitrogen and oxygen atoms in total. The van der Waals surface area contributed by atoms with Crippen LogP contribution in [0.5, 0.6) is 0 Å². The van der Waals surface area contributed by atoms with Crippen LogP contribution >= 0.6 is 11.6 Å². The van der Waals surface area contributed by atoms with Gasteiger partial charge in [-0.05, 0) is 73.8 Å². The summed E-state index contributed by atoms with van der Waals surface area (Å²) in [7, 11) is 0. The van der Waals surface area contributed by atoms with Gasteiger partial charge in [0.05, 0.1) is 53.0 Å². The minimum Gasteiger partial charge on any atom is -0.463 e. The number of nitrogens with zero attached hydrogens (tertiary/aromatic N) is 5. The van der Waals surface area contributed by atoms with Crippen molar-refractivity contribution in [2.24, 2.45) is 5.11 Å². The van der Waals surface area contributed by atoms with E-state index in [0.29, 0.717) is 36.8 Å². The number of carbonyl (C=O) groups is 9. The molecule has 7 aliphatic heterocycles. The molecule has 0 aromatic heterocycles. The Hall–Kier alpha value is -9.65. The van der Waals surface area contributed by atoms with Gasteiger partial charge in [0, 0.05) is 35.6 Å². The summed E-state index contributed by atoms with van der Waals surface area (Å²) in [5.41, 5.74) is 9.76. The van der Waals surface area contributed by atoms with Crippen LogP contribution in [0.4, 0.5) is 0 Å². The zero-order chi connectivity index (χ0) is 72.4. The molecule has 7 aliphatic rings. The highest BCUT2D eigenvalue weighted by molar-refractivity contribution is 6.26. The number of halogens is 1. The van der Waals surface area contributed by atoms with E-state index in [-0.39, 0.29) is 72.0 Å². The summed E-state index contributed by atoms with van der Waals surface area (Å²) in [5.74, 6) is -8.61. The van der Waals surface area contributed by atoms with Gasteiger partial charge in [-0.1, -0.05) is 139 Å². The Kier molecular flexibility index (Phi) is 23.4. The van der Waals surface area contributed by atoms with Crippen molar-refractivity contribution in [1.82, 2.24) is 9.80 Å². The molecule has 0 unspecified atom stereocenters. The van der Waals surface area contributed by atoms with Gasteiger partial charge in [-0.15, -0.1) is 11.6 Å². The van der Waals surface area contributed by atoms with E-state index in [0.717, 1.165) is 9.80 Å². The number of Topliss-reactive ketones (excluding diaryl/α,β-unsaturated/α-hetero) is 1. The molecule has 5 saturated heterocycles. The Labute approximate surface area is 600 Å². The van der Waals surface area contributed by atoms with Crippen molar-refractivity contribution in [3.05, 3.63) is 225 Å². The highest BCUT2D eigenvalue weighted by atomic mass is 35.5. The third kappa shape index (κ3) is 15.9. The summed E-state index contributed by atoms with van der Waals surface area (Å²) < 4.78 is 93.8. The zero-order valence-electron chi connectivity index (χ0n) is 56.0.